The van der Waals surface area contributed by atoms with Crippen LogP contribution in [0.3, 0.4) is 0 Å². The monoisotopic (exact) mass is 168 g/mol. The normalized spacial score (nSPS) is 9.75. The van der Waals surface area contributed by atoms with Crippen LogP contribution in [0.1, 0.15) is 15.9 Å². The molecule has 1 aromatic rings. The van der Waals surface area contributed by atoms with Crippen LogP contribution in [0.5, 0.6) is 5.88 Å². The molecule has 0 aromatic carbocycles. The third-order valence-corrected chi connectivity index (χ3v) is 1.47. The van der Waals surface area contributed by atoms with Crippen LogP contribution in [0.25, 0.3) is 0 Å². The van der Waals surface area contributed by atoms with E-state index in [0.29, 0.717) is 5.56 Å². The molecule has 64 valence electrons. The van der Waals surface area contributed by atoms with Crippen molar-refractivity contribution < 1.29 is 9.90 Å². The van der Waals surface area contributed by atoms with E-state index in [2.05, 4.69) is 4.98 Å². The Bertz CT molecular complexity index is 354. The number of rotatable bonds is 1. The molecule has 0 unspecified atom stereocenters. The lowest BCUT2D eigenvalue weighted by molar-refractivity contribution is 0.0996. The molecule has 0 aliphatic heterocycles. The summed E-state index contributed by atoms with van der Waals surface area (Å²) < 4.78 is 0. The molecule has 1 heterocycles. The Kier molecular flexibility index (Phi) is 1.86. The van der Waals surface area contributed by atoms with Crippen molar-refractivity contribution in [1.82, 2.24) is 4.98 Å². The summed E-state index contributed by atoms with van der Waals surface area (Å²) in [6.07, 6.45) is 0. The summed E-state index contributed by atoms with van der Waals surface area (Å²) in [5.74, 6) is -1.24. The van der Waals surface area contributed by atoms with E-state index in [1.807, 2.05) is 0 Å². The van der Waals surface area contributed by atoms with Crippen molar-refractivity contribution in [2.24, 2.45) is 5.73 Å². The number of aromatic amines is 1. The van der Waals surface area contributed by atoms with Crippen LogP contribution < -0.4 is 11.3 Å². The smallest absolute Gasteiger partial charge is 0.254 e. The van der Waals surface area contributed by atoms with Crippen LogP contribution in [0.4, 0.5) is 0 Å². The zero-order valence-corrected chi connectivity index (χ0v) is 6.42. The van der Waals surface area contributed by atoms with Crippen molar-refractivity contribution in [3.05, 3.63) is 27.5 Å². The van der Waals surface area contributed by atoms with Gasteiger partial charge in [0.1, 0.15) is 5.56 Å². The fourth-order valence-corrected chi connectivity index (χ4v) is 0.982. The van der Waals surface area contributed by atoms with Crippen LogP contribution in [0.2, 0.25) is 0 Å². The highest BCUT2D eigenvalue weighted by molar-refractivity contribution is 5.96. The molecule has 0 bridgehead atoms. The van der Waals surface area contributed by atoms with E-state index in [9.17, 15) is 9.59 Å². The van der Waals surface area contributed by atoms with Crippen LogP contribution in [-0.2, 0) is 0 Å². The van der Waals surface area contributed by atoms with Crippen LogP contribution in [0, 0.1) is 6.92 Å². The molecule has 0 aliphatic rings. The minimum Gasteiger partial charge on any atom is -0.494 e. The molecular weight excluding hydrogens is 160 g/mol. The van der Waals surface area contributed by atoms with Gasteiger partial charge in [-0.05, 0) is 12.5 Å². The first-order valence-electron chi connectivity index (χ1n) is 3.25. The lowest BCUT2D eigenvalue weighted by Crippen LogP contribution is -2.17. The molecule has 0 aliphatic carbocycles. The summed E-state index contributed by atoms with van der Waals surface area (Å²) in [6, 6.07) is 1.19. The number of aromatic hydroxyl groups is 1. The highest BCUT2D eigenvalue weighted by atomic mass is 16.3. The second-order valence-electron chi connectivity index (χ2n) is 2.40. The third kappa shape index (κ3) is 1.29. The van der Waals surface area contributed by atoms with E-state index in [1.54, 1.807) is 0 Å². The Morgan fingerprint density at radius 3 is 2.67 bits per heavy atom. The zero-order valence-electron chi connectivity index (χ0n) is 6.42. The third-order valence-electron chi connectivity index (χ3n) is 1.47. The largest absolute Gasteiger partial charge is 0.494 e. The number of H-pyrrole nitrogens is 1. The molecule has 1 rings (SSSR count). The predicted molar refractivity (Wildman–Crippen MR) is 42.0 cm³/mol. The van der Waals surface area contributed by atoms with Gasteiger partial charge in [0, 0.05) is 6.07 Å². The van der Waals surface area contributed by atoms with Gasteiger partial charge in [-0.25, -0.2) is 0 Å². The summed E-state index contributed by atoms with van der Waals surface area (Å²) in [5.41, 5.74) is 4.80. The topological polar surface area (TPSA) is 96.2 Å². The van der Waals surface area contributed by atoms with Crippen LogP contribution >= 0.6 is 0 Å². The Balaban J connectivity index is 3.48. The van der Waals surface area contributed by atoms with E-state index < -0.39 is 17.3 Å². The molecule has 0 radical (unpaired) electrons. The molecule has 0 saturated heterocycles. The van der Waals surface area contributed by atoms with E-state index in [4.69, 9.17) is 10.8 Å². The molecule has 5 heteroatoms. The highest BCUT2D eigenvalue weighted by Gasteiger charge is 2.11. The van der Waals surface area contributed by atoms with E-state index in [1.165, 1.54) is 13.0 Å². The number of carbonyl (C=O) groups is 1. The van der Waals surface area contributed by atoms with Crippen molar-refractivity contribution in [2.75, 3.05) is 0 Å². The number of pyridine rings is 1. The first-order valence-corrected chi connectivity index (χ1v) is 3.25. The Morgan fingerprint density at radius 2 is 2.25 bits per heavy atom. The van der Waals surface area contributed by atoms with Gasteiger partial charge in [0.15, 0.2) is 0 Å². The number of primary amides is 1. The van der Waals surface area contributed by atoms with Crippen molar-refractivity contribution in [2.45, 2.75) is 6.92 Å². The van der Waals surface area contributed by atoms with Crippen molar-refractivity contribution >= 4 is 5.91 Å². The summed E-state index contributed by atoms with van der Waals surface area (Å²) in [7, 11) is 0. The maximum Gasteiger partial charge on any atom is 0.254 e. The summed E-state index contributed by atoms with van der Waals surface area (Å²) >= 11 is 0. The lowest BCUT2D eigenvalue weighted by Gasteiger charge is -2.01. The number of hydrogen-bond donors (Lipinski definition) is 3. The first-order chi connectivity index (χ1) is 5.52. The van der Waals surface area contributed by atoms with Gasteiger partial charge >= 0.3 is 0 Å². The van der Waals surface area contributed by atoms with Gasteiger partial charge in [0.2, 0.25) is 5.88 Å². The molecule has 4 N–H and O–H groups in total. The van der Waals surface area contributed by atoms with E-state index in [0.717, 1.165) is 0 Å². The van der Waals surface area contributed by atoms with Crippen molar-refractivity contribution in [1.29, 1.82) is 0 Å². The van der Waals surface area contributed by atoms with E-state index >= 15 is 0 Å². The molecule has 5 nitrogen and oxygen atoms in total. The maximum atomic E-state index is 10.7. The average Bonchev–Trinajstić information content (AvgIpc) is 1.82. The zero-order chi connectivity index (χ0) is 9.30. The Hall–Kier alpha value is -1.78. The number of nitrogens with two attached hydrogens (primary N) is 1. The second-order valence-corrected chi connectivity index (χ2v) is 2.40. The van der Waals surface area contributed by atoms with E-state index in [-0.39, 0.29) is 5.56 Å². The SMILES string of the molecule is Cc1cc(=O)[nH]c(O)c1C(N)=O. The number of nitrogens with one attached hydrogen (secondary N) is 1. The number of amides is 1. The molecule has 1 aromatic heterocycles. The standard InChI is InChI=1S/C7H8N2O3/c1-3-2-4(10)9-7(12)5(3)6(8)11/h2H,1H3,(H2,8,11)(H2,9,10,12). The molecule has 12 heavy (non-hydrogen) atoms. The van der Waals surface area contributed by atoms with Gasteiger partial charge in [-0.3, -0.25) is 14.6 Å². The van der Waals surface area contributed by atoms with Crippen LogP contribution in [0.15, 0.2) is 10.9 Å². The molecule has 0 spiro atoms. The van der Waals surface area contributed by atoms with Gasteiger partial charge in [-0.1, -0.05) is 0 Å². The van der Waals surface area contributed by atoms with Crippen LogP contribution in [-0.4, -0.2) is 16.0 Å². The predicted octanol–water partition coefficient (Wildman–Crippen LogP) is -0.512. The lowest BCUT2D eigenvalue weighted by atomic mass is 10.1. The molecule has 0 fully saturated rings. The molecule has 0 atom stereocenters. The molecular formula is C7H8N2O3. The maximum absolute atomic E-state index is 10.7. The first kappa shape index (κ1) is 8.32. The minimum absolute atomic E-state index is 0.0467. The highest BCUT2D eigenvalue weighted by Crippen LogP contribution is 2.13. The van der Waals surface area contributed by atoms with Gasteiger partial charge < -0.3 is 10.8 Å². The number of carbonyl (C=O) groups excluding carboxylic acids is 1. The number of hydrogen-bond acceptors (Lipinski definition) is 3. The minimum atomic E-state index is -0.763. The summed E-state index contributed by atoms with van der Waals surface area (Å²) in [5, 5.41) is 9.09. The number of aryl methyl sites for hydroxylation is 1. The molecule has 0 saturated carbocycles. The summed E-state index contributed by atoms with van der Waals surface area (Å²) in [4.78, 5) is 23.5. The Morgan fingerprint density at radius 1 is 1.67 bits per heavy atom. The molecule has 1 amide bonds. The fourth-order valence-electron chi connectivity index (χ4n) is 0.982. The fraction of sp³-hybridized carbons (Fsp3) is 0.143. The average molecular weight is 168 g/mol. The van der Waals surface area contributed by atoms with Gasteiger partial charge in [0.25, 0.3) is 11.5 Å². The second kappa shape index (κ2) is 2.69. The summed E-state index contributed by atoms with van der Waals surface area (Å²) in [6.45, 7) is 1.52. The van der Waals surface area contributed by atoms with Crippen molar-refractivity contribution in [3.63, 3.8) is 0 Å². The van der Waals surface area contributed by atoms with Gasteiger partial charge in [0.05, 0.1) is 0 Å². The number of aromatic nitrogens is 1. The van der Waals surface area contributed by atoms with Crippen molar-refractivity contribution in [3.8, 4) is 5.88 Å². The quantitative estimate of drug-likeness (QED) is 0.526. The van der Waals surface area contributed by atoms with Gasteiger partial charge in [-0.15, -0.1) is 0 Å². The van der Waals surface area contributed by atoms with Gasteiger partial charge in [-0.2, -0.15) is 0 Å². The Labute approximate surface area is 67.8 Å².